The molecule has 0 radical (unpaired) electrons. The molecule has 5 nitrogen and oxygen atoms in total. The van der Waals surface area contributed by atoms with Crippen molar-refractivity contribution in [3.8, 4) is 0 Å². The van der Waals surface area contributed by atoms with E-state index in [1.807, 2.05) is 0 Å². The van der Waals surface area contributed by atoms with Gasteiger partial charge in [0.1, 0.15) is 12.2 Å². The molecule has 7 unspecified atom stereocenters. The van der Waals surface area contributed by atoms with Crippen molar-refractivity contribution in [3.63, 3.8) is 0 Å². The lowest BCUT2D eigenvalue weighted by Gasteiger charge is -2.31. The van der Waals surface area contributed by atoms with Crippen LogP contribution in [0, 0.1) is 17.8 Å². The number of allylic oxidation sites excluding steroid dienone is 1. The van der Waals surface area contributed by atoms with Crippen LogP contribution in [-0.2, 0) is 23.8 Å². The predicted octanol–water partition coefficient (Wildman–Crippen LogP) is 2.72. The molecule has 4 aliphatic rings. The number of epoxide rings is 1. The van der Waals surface area contributed by atoms with Crippen LogP contribution >= 0.6 is 0 Å². The summed E-state index contributed by atoms with van der Waals surface area (Å²) in [4.78, 5) is 24.6. The zero-order chi connectivity index (χ0) is 18.1. The minimum Gasteiger partial charge on any atom is -0.458 e. The third kappa shape index (κ3) is 2.25. The predicted molar refractivity (Wildman–Crippen MR) is 90.5 cm³/mol. The summed E-state index contributed by atoms with van der Waals surface area (Å²) in [6.07, 6.45) is 2.49. The monoisotopic (exact) mass is 344 g/mol. The molecule has 4 rings (SSSR count). The van der Waals surface area contributed by atoms with Crippen molar-refractivity contribution in [1.82, 2.24) is 0 Å². The Labute approximate surface area is 147 Å². The van der Waals surface area contributed by atoms with Crippen LogP contribution in [0.5, 0.6) is 0 Å². The summed E-state index contributed by atoms with van der Waals surface area (Å²) in [6.45, 7) is 13.8. The Bertz CT molecular complexity index is 720. The first kappa shape index (κ1) is 16.6. The number of hydrogen-bond donors (Lipinski definition) is 0. The van der Waals surface area contributed by atoms with Gasteiger partial charge in [0.25, 0.3) is 0 Å². The Morgan fingerprint density at radius 3 is 2.80 bits per heavy atom. The Kier molecular flexibility index (Phi) is 3.52. The van der Waals surface area contributed by atoms with E-state index in [0.717, 1.165) is 12.0 Å². The number of hydrogen-bond acceptors (Lipinski definition) is 5. The molecular formula is C20H24O5. The minimum atomic E-state index is -0.481. The zero-order valence-electron chi connectivity index (χ0n) is 14.9. The molecule has 2 heterocycles. The lowest BCUT2D eigenvalue weighted by atomic mass is 9.78. The van der Waals surface area contributed by atoms with E-state index in [1.54, 1.807) is 19.9 Å². The molecule has 4 fully saturated rings. The average Bonchev–Trinajstić information content (AvgIpc) is 3.03. The first-order chi connectivity index (χ1) is 11.8. The van der Waals surface area contributed by atoms with E-state index >= 15 is 0 Å². The van der Waals surface area contributed by atoms with Gasteiger partial charge in [0.05, 0.1) is 17.6 Å². The highest BCUT2D eigenvalue weighted by molar-refractivity contribution is 5.91. The molecule has 0 aromatic carbocycles. The summed E-state index contributed by atoms with van der Waals surface area (Å²) in [7, 11) is 0. The Hall–Kier alpha value is -1.88. The van der Waals surface area contributed by atoms with Gasteiger partial charge in [-0.15, -0.1) is 0 Å². The van der Waals surface area contributed by atoms with Crippen molar-refractivity contribution < 1.29 is 23.8 Å². The van der Waals surface area contributed by atoms with Gasteiger partial charge in [-0.25, -0.2) is 9.59 Å². The quantitative estimate of drug-likeness (QED) is 0.333. The normalized spacial score (nSPS) is 45.2. The molecule has 5 heteroatoms. The van der Waals surface area contributed by atoms with Crippen molar-refractivity contribution in [2.24, 2.45) is 17.8 Å². The summed E-state index contributed by atoms with van der Waals surface area (Å²) in [6, 6.07) is 0. The van der Waals surface area contributed by atoms with E-state index in [9.17, 15) is 9.59 Å². The van der Waals surface area contributed by atoms with Crippen molar-refractivity contribution in [2.45, 2.75) is 57.5 Å². The smallest absolute Gasteiger partial charge is 0.334 e. The first-order valence-electron chi connectivity index (χ1n) is 8.87. The highest BCUT2D eigenvalue weighted by Gasteiger charge is 2.71. The molecular weight excluding hydrogens is 320 g/mol. The van der Waals surface area contributed by atoms with Crippen molar-refractivity contribution in [3.05, 3.63) is 36.0 Å². The number of carbonyl (C=O) groups is 2. The van der Waals surface area contributed by atoms with E-state index in [-0.39, 0.29) is 41.5 Å². The largest absolute Gasteiger partial charge is 0.458 e. The fraction of sp³-hybridized carbons (Fsp3) is 0.600. The fourth-order valence-corrected chi connectivity index (χ4v) is 4.94. The Morgan fingerprint density at radius 1 is 1.40 bits per heavy atom. The minimum absolute atomic E-state index is 0.0460. The topological polar surface area (TPSA) is 65.1 Å². The third-order valence-electron chi connectivity index (χ3n) is 6.56. The lowest BCUT2D eigenvalue weighted by Crippen LogP contribution is -2.40. The van der Waals surface area contributed by atoms with Crippen LogP contribution in [0.25, 0.3) is 0 Å². The van der Waals surface area contributed by atoms with Gasteiger partial charge < -0.3 is 14.2 Å². The molecule has 0 aromatic heterocycles. The second kappa shape index (κ2) is 5.31. The van der Waals surface area contributed by atoms with Crippen LogP contribution in [0.2, 0.25) is 0 Å². The number of carbonyl (C=O) groups excluding carboxylic acids is 2. The summed E-state index contributed by atoms with van der Waals surface area (Å²) < 4.78 is 17.4. The second-order valence-electron chi connectivity index (χ2n) is 7.86. The van der Waals surface area contributed by atoms with Gasteiger partial charge in [-0.3, -0.25) is 0 Å². The molecule has 2 saturated carbocycles. The van der Waals surface area contributed by atoms with E-state index in [0.29, 0.717) is 17.6 Å². The molecule has 2 aliphatic carbocycles. The number of ether oxygens (including phenoxy) is 3. The van der Waals surface area contributed by atoms with Crippen LogP contribution in [0.4, 0.5) is 0 Å². The molecule has 0 N–H and O–H groups in total. The van der Waals surface area contributed by atoms with Crippen molar-refractivity contribution >= 4 is 11.9 Å². The maximum absolute atomic E-state index is 12.3. The first-order valence-corrected chi connectivity index (χ1v) is 8.87. The lowest BCUT2D eigenvalue weighted by molar-refractivity contribution is -0.149. The van der Waals surface area contributed by atoms with E-state index in [2.05, 4.69) is 20.1 Å². The molecule has 0 bridgehead atoms. The van der Waals surface area contributed by atoms with Gasteiger partial charge in [0.15, 0.2) is 0 Å². The van der Waals surface area contributed by atoms with Gasteiger partial charge in [-0.2, -0.15) is 0 Å². The molecule has 2 aliphatic heterocycles. The van der Waals surface area contributed by atoms with E-state index < -0.39 is 12.1 Å². The highest BCUT2D eigenvalue weighted by Crippen LogP contribution is 2.63. The van der Waals surface area contributed by atoms with Gasteiger partial charge in [-0.05, 0) is 33.1 Å². The van der Waals surface area contributed by atoms with Gasteiger partial charge in [0.2, 0.25) is 0 Å². The highest BCUT2D eigenvalue weighted by atomic mass is 16.6. The van der Waals surface area contributed by atoms with Crippen LogP contribution in [-0.4, -0.2) is 35.9 Å². The average molecular weight is 344 g/mol. The molecule has 0 aromatic rings. The summed E-state index contributed by atoms with van der Waals surface area (Å²) in [5.41, 5.74) is 1.71. The molecule has 25 heavy (non-hydrogen) atoms. The SMILES string of the molecule is C=C1CC(OC(=O)C(C)=CC)C2C(=C)C(=O)OC2C2C1CC1OC12C. The van der Waals surface area contributed by atoms with Crippen LogP contribution in [0.15, 0.2) is 36.0 Å². The maximum atomic E-state index is 12.3. The molecule has 0 amide bonds. The second-order valence-corrected chi connectivity index (χ2v) is 7.86. The van der Waals surface area contributed by atoms with Gasteiger partial charge >= 0.3 is 11.9 Å². The molecule has 0 spiro atoms. The molecule has 7 atom stereocenters. The van der Waals surface area contributed by atoms with Crippen molar-refractivity contribution in [2.75, 3.05) is 0 Å². The van der Waals surface area contributed by atoms with Crippen LogP contribution in [0.1, 0.15) is 33.6 Å². The summed E-state index contributed by atoms with van der Waals surface area (Å²) in [5.74, 6) is -0.832. The summed E-state index contributed by atoms with van der Waals surface area (Å²) >= 11 is 0. The molecule has 2 saturated heterocycles. The number of esters is 2. The van der Waals surface area contributed by atoms with Gasteiger partial charge in [0, 0.05) is 23.5 Å². The van der Waals surface area contributed by atoms with Crippen LogP contribution in [0.3, 0.4) is 0 Å². The van der Waals surface area contributed by atoms with Crippen molar-refractivity contribution in [1.29, 1.82) is 0 Å². The van der Waals surface area contributed by atoms with Crippen LogP contribution < -0.4 is 0 Å². The third-order valence-corrected chi connectivity index (χ3v) is 6.56. The summed E-state index contributed by atoms with van der Waals surface area (Å²) in [5, 5.41) is 0. The molecule has 134 valence electrons. The Morgan fingerprint density at radius 2 is 2.12 bits per heavy atom. The van der Waals surface area contributed by atoms with E-state index in [1.165, 1.54) is 0 Å². The Balaban J connectivity index is 1.70. The zero-order valence-corrected chi connectivity index (χ0v) is 14.9. The number of rotatable bonds is 2. The standard InChI is InChI=1S/C20H24O5/c1-6-9(2)18(21)23-13-7-10(3)12-8-14-20(5,25-14)16(12)17-15(13)11(4)19(22)24-17/h6,12-17H,3-4,7-8H2,1-2,5H3. The number of fused-ring (bicyclic) bond motifs is 5. The van der Waals surface area contributed by atoms with E-state index in [4.69, 9.17) is 14.2 Å². The fourth-order valence-electron chi connectivity index (χ4n) is 4.94. The maximum Gasteiger partial charge on any atom is 0.334 e. The van der Waals surface area contributed by atoms with Gasteiger partial charge in [-0.1, -0.05) is 24.8 Å².